The van der Waals surface area contributed by atoms with Crippen molar-refractivity contribution in [2.75, 3.05) is 31.9 Å². The second kappa shape index (κ2) is 8.71. The monoisotopic (exact) mass is 393 g/mol. The molecule has 0 spiro atoms. The summed E-state index contributed by atoms with van der Waals surface area (Å²) in [6.07, 6.45) is 1.92. The zero-order valence-electron chi connectivity index (χ0n) is 16.4. The first-order valence-corrected chi connectivity index (χ1v) is 11.5. The largest absolute Gasteiger partial charge is 0.351 e. The summed E-state index contributed by atoms with van der Waals surface area (Å²) < 4.78 is 24.8. The third-order valence-electron chi connectivity index (χ3n) is 5.39. The molecule has 27 heavy (non-hydrogen) atoms. The lowest BCUT2D eigenvalue weighted by Gasteiger charge is -2.35. The minimum Gasteiger partial charge on any atom is -0.351 e. The molecule has 6 nitrogen and oxygen atoms in total. The third kappa shape index (κ3) is 5.77. The van der Waals surface area contributed by atoms with E-state index in [0.717, 1.165) is 37.0 Å². The van der Waals surface area contributed by atoms with Crippen LogP contribution in [0.2, 0.25) is 0 Å². The van der Waals surface area contributed by atoms with Crippen LogP contribution in [0.5, 0.6) is 0 Å². The van der Waals surface area contributed by atoms with Gasteiger partial charge in [0.25, 0.3) is 0 Å². The number of amides is 1. The molecule has 0 aromatic heterocycles. The molecule has 3 rings (SSSR count). The van der Waals surface area contributed by atoms with Gasteiger partial charge in [-0.15, -0.1) is 0 Å². The number of sulfonamides is 1. The Labute approximate surface area is 163 Å². The van der Waals surface area contributed by atoms with E-state index < -0.39 is 10.0 Å². The number of carbonyl (C=O) groups excluding carboxylic acids is 1. The third-order valence-corrected chi connectivity index (χ3v) is 7.29. The first-order valence-electron chi connectivity index (χ1n) is 9.86. The molecule has 1 N–H and O–H groups in total. The maximum absolute atomic E-state index is 12.0. The number of nitrogens with zero attached hydrogens (tertiary/aromatic N) is 2. The van der Waals surface area contributed by atoms with Crippen LogP contribution in [0.15, 0.2) is 24.3 Å². The fourth-order valence-electron chi connectivity index (χ4n) is 4.23. The fraction of sp³-hybridized carbons (Fsp3) is 0.650. The number of hydrogen-bond acceptors (Lipinski definition) is 4. The first-order chi connectivity index (χ1) is 12.8. The maximum atomic E-state index is 12.0. The number of rotatable bonds is 6. The van der Waals surface area contributed by atoms with Gasteiger partial charge in [0.05, 0.1) is 12.3 Å². The van der Waals surface area contributed by atoms with Gasteiger partial charge in [-0.3, -0.25) is 9.69 Å². The topological polar surface area (TPSA) is 69.7 Å². The SMILES string of the molecule is CC1CC(C)CN(Cc2ccc(CNC(=O)CN3CCCS3(=O)=O)cc2)C1. The highest BCUT2D eigenvalue weighted by Crippen LogP contribution is 2.22. The van der Waals surface area contributed by atoms with Gasteiger partial charge >= 0.3 is 0 Å². The summed E-state index contributed by atoms with van der Waals surface area (Å²) in [4.78, 5) is 14.5. The van der Waals surface area contributed by atoms with Crippen molar-refractivity contribution in [3.05, 3.63) is 35.4 Å². The predicted octanol–water partition coefficient (Wildman–Crippen LogP) is 1.82. The second-order valence-electron chi connectivity index (χ2n) is 8.24. The highest BCUT2D eigenvalue weighted by Gasteiger charge is 2.29. The van der Waals surface area contributed by atoms with Crippen LogP contribution in [-0.4, -0.2) is 55.5 Å². The Morgan fingerprint density at radius 1 is 1.11 bits per heavy atom. The van der Waals surface area contributed by atoms with Gasteiger partial charge in [0.1, 0.15) is 0 Å². The molecule has 1 amide bonds. The van der Waals surface area contributed by atoms with Crippen LogP contribution in [0, 0.1) is 11.8 Å². The van der Waals surface area contributed by atoms with Crippen molar-refractivity contribution in [2.24, 2.45) is 11.8 Å². The normalized spacial score (nSPS) is 26.1. The molecule has 1 aromatic carbocycles. The van der Waals surface area contributed by atoms with E-state index in [2.05, 4.69) is 36.2 Å². The first kappa shape index (κ1) is 20.3. The lowest BCUT2D eigenvalue weighted by atomic mass is 9.91. The average molecular weight is 394 g/mol. The maximum Gasteiger partial charge on any atom is 0.235 e. The van der Waals surface area contributed by atoms with E-state index in [1.165, 1.54) is 16.3 Å². The molecule has 0 bridgehead atoms. The molecule has 2 saturated heterocycles. The van der Waals surface area contributed by atoms with Crippen LogP contribution in [0.4, 0.5) is 0 Å². The van der Waals surface area contributed by atoms with E-state index in [1.54, 1.807) is 0 Å². The summed E-state index contributed by atoms with van der Waals surface area (Å²) in [5.41, 5.74) is 2.31. The minimum absolute atomic E-state index is 0.0776. The molecule has 7 heteroatoms. The predicted molar refractivity (Wildman–Crippen MR) is 106 cm³/mol. The summed E-state index contributed by atoms with van der Waals surface area (Å²) in [6.45, 7) is 8.70. The quantitative estimate of drug-likeness (QED) is 0.800. The minimum atomic E-state index is -3.22. The molecular weight excluding hydrogens is 362 g/mol. The van der Waals surface area contributed by atoms with E-state index in [1.807, 2.05) is 12.1 Å². The van der Waals surface area contributed by atoms with Crippen LogP contribution in [0.1, 0.15) is 37.8 Å². The molecule has 2 aliphatic heterocycles. The summed E-state index contributed by atoms with van der Waals surface area (Å²) in [5, 5.41) is 2.82. The highest BCUT2D eigenvalue weighted by atomic mass is 32.2. The van der Waals surface area contributed by atoms with Crippen molar-refractivity contribution in [2.45, 2.75) is 39.8 Å². The average Bonchev–Trinajstić information content (AvgIpc) is 2.91. The number of benzene rings is 1. The molecule has 2 fully saturated rings. The molecular formula is C20H31N3O3S. The van der Waals surface area contributed by atoms with E-state index >= 15 is 0 Å². The number of carbonyl (C=O) groups is 1. The van der Waals surface area contributed by atoms with Crippen LogP contribution < -0.4 is 5.32 Å². The smallest absolute Gasteiger partial charge is 0.235 e. The van der Waals surface area contributed by atoms with Crippen molar-refractivity contribution in [3.8, 4) is 0 Å². The van der Waals surface area contributed by atoms with E-state index in [0.29, 0.717) is 19.5 Å². The van der Waals surface area contributed by atoms with Gasteiger partial charge in [-0.2, -0.15) is 4.31 Å². The molecule has 2 heterocycles. The van der Waals surface area contributed by atoms with Crippen molar-refractivity contribution >= 4 is 15.9 Å². The van der Waals surface area contributed by atoms with Gasteiger partial charge in [-0.05, 0) is 35.8 Å². The molecule has 2 atom stereocenters. The lowest BCUT2D eigenvalue weighted by molar-refractivity contribution is -0.121. The second-order valence-corrected chi connectivity index (χ2v) is 10.3. The van der Waals surface area contributed by atoms with Crippen LogP contribution in [-0.2, 0) is 27.9 Å². The Hall–Kier alpha value is -1.44. The summed E-state index contributed by atoms with van der Waals surface area (Å²) >= 11 is 0. The Morgan fingerprint density at radius 3 is 2.33 bits per heavy atom. The molecule has 1 aromatic rings. The summed E-state index contributed by atoms with van der Waals surface area (Å²) in [6, 6.07) is 8.32. The fourth-order valence-corrected chi connectivity index (χ4v) is 5.70. The number of piperidine rings is 1. The van der Waals surface area contributed by atoms with Gasteiger partial charge in [-0.25, -0.2) is 8.42 Å². The van der Waals surface area contributed by atoms with Crippen molar-refractivity contribution in [1.82, 2.24) is 14.5 Å². The summed E-state index contributed by atoms with van der Waals surface area (Å²) in [5.74, 6) is 1.40. The van der Waals surface area contributed by atoms with Gasteiger partial charge in [0.2, 0.25) is 15.9 Å². The number of likely N-dealkylation sites (tertiary alicyclic amines) is 1. The number of hydrogen-bond donors (Lipinski definition) is 1. The Kier molecular flexibility index (Phi) is 6.55. The number of nitrogens with one attached hydrogen (secondary N) is 1. The van der Waals surface area contributed by atoms with Crippen molar-refractivity contribution in [3.63, 3.8) is 0 Å². The lowest BCUT2D eigenvalue weighted by Crippen LogP contribution is -2.38. The molecule has 0 aliphatic carbocycles. The molecule has 0 radical (unpaired) electrons. The van der Waals surface area contributed by atoms with Crippen molar-refractivity contribution < 1.29 is 13.2 Å². The van der Waals surface area contributed by atoms with Gasteiger partial charge in [-0.1, -0.05) is 38.1 Å². The molecule has 0 saturated carbocycles. The Morgan fingerprint density at radius 2 is 1.74 bits per heavy atom. The Bertz CT molecular complexity index is 738. The van der Waals surface area contributed by atoms with E-state index in [4.69, 9.17) is 0 Å². The van der Waals surface area contributed by atoms with Crippen LogP contribution in [0.25, 0.3) is 0 Å². The Balaban J connectivity index is 1.45. The molecule has 2 unspecified atom stereocenters. The van der Waals surface area contributed by atoms with Crippen LogP contribution in [0.3, 0.4) is 0 Å². The van der Waals surface area contributed by atoms with Crippen molar-refractivity contribution in [1.29, 1.82) is 0 Å². The van der Waals surface area contributed by atoms with Gasteiger partial charge in [0.15, 0.2) is 0 Å². The standard InChI is InChI=1S/C20H31N3O3S/c1-16-10-17(2)13-22(12-16)14-19-6-4-18(5-7-19)11-21-20(24)15-23-8-3-9-27(23,25)26/h4-7,16-17H,3,8-15H2,1-2H3,(H,21,24). The van der Waals surface area contributed by atoms with Crippen LogP contribution >= 0.6 is 0 Å². The molecule has 2 aliphatic rings. The highest BCUT2D eigenvalue weighted by molar-refractivity contribution is 7.89. The zero-order valence-corrected chi connectivity index (χ0v) is 17.2. The zero-order chi connectivity index (χ0) is 19.4. The van der Waals surface area contributed by atoms with Gasteiger partial charge < -0.3 is 5.32 Å². The van der Waals surface area contributed by atoms with Gasteiger partial charge in [0, 0.05) is 32.7 Å². The van der Waals surface area contributed by atoms with E-state index in [-0.39, 0.29) is 18.2 Å². The summed E-state index contributed by atoms with van der Waals surface area (Å²) in [7, 11) is -3.22. The van der Waals surface area contributed by atoms with E-state index in [9.17, 15) is 13.2 Å². The molecule has 150 valence electrons.